The van der Waals surface area contributed by atoms with Crippen molar-refractivity contribution in [2.24, 2.45) is 0 Å². The van der Waals surface area contributed by atoms with Crippen LogP contribution in [0.4, 0.5) is 0 Å². The number of likely N-dealkylation sites (tertiary alicyclic amines) is 2. The monoisotopic (exact) mass is 447 g/mol. The van der Waals surface area contributed by atoms with Gasteiger partial charge in [0, 0.05) is 50.5 Å². The van der Waals surface area contributed by atoms with E-state index in [1.807, 2.05) is 0 Å². The SMILES string of the molecule is O=C(CN1CCC2(CCC1=O)CC(=O)c1cc(Cl)ccc1O2)NCCN1CCCC1=O. The van der Waals surface area contributed by atoms with Crippen LogP contribution in [0.2, 0.25) is 5.02 Å². The van der Waals surface area contributed by atoms with Gasteiger partial charge in [-0.1, -0.05) is 11.6 Å². The highest BCUT2D eigenvalue weighted by molar-refractivity contribution is 6.31. The summed E-state index contributed by atoms with van der Waals surface area (Å²) in [7, 11) is 0. The van der Waals surface area contributed by atoms with Crippen molar-refractivity contribution >= 4 is 35.1 Å². The minimum absolute atomic E-state index is 0.0387. The van der Waals surface area contributed by atoms with Crippen LogP contribution >= 0.6 is 11.6 Å². The number of amides is 3. The second-order valence-corrected chi connectivity index (χ2v) is 8.86. The molecule has 2 saturated heterocycles. The zero-order valence-corrected chi connectivity index (χ0v) is 18.1. The van der Waals surface area contributed by atoms with Crippen molar-refractivity contribution in [2.75, 3.05) is 32.7 Å². The minimum Gasteiger partial charge on any atom is -0.486 e. The number of hydrogen-bond acceptors (Lipinski definition) is 5. The molecule has 0 radical (unpaired) electrons. The summed E-state index contributed by atoms with van der Waals surface area (Å²) in [6.45, 7) is 1.89. The Labute approximate surface area is 185 Å². The third kappa shape index (κ3) is 4.84. The number of ketones is 1. The molecule has 3 amide bonds. The maximum Gasteiger partial charge on any atom is 0.239 e. The predicted molar refractivity (Wildman–Crippen MR) is 113 cm³/mol. The number of benzene rings is 1. The van der Waals surface area contributed by atoms with E-state index in [0.717, 1.165) is 13.0 Å². The van der Waals surface area contributed by atoms with Gasteiger partial charge in [-0.05, 0) is 31.0 Å². The molecule has 0 aliphatic carbocycles. The van der Waals surface area contributed by atoms with E-state index in [1.165, 1.54) is 4.90 Å². The third-order valence-corrected chi connectivity index (χ3v) is 6.48. The van der Waals surface area contributed by atoms with Gasteiger partial charge in [-0.25, -0.2) is 0 Å². The maximum atomic E-state index is 12.7. The van der Waals surface area contributed by atoms with Crippen molar-refractivity contribution in [1.82, 2.24) is 15.1 Å². The highest BCUT2D eigenvalue weighted by Crippen LogP contribution is 2.40. The van der Waals surface area contributed by atoms with Gasteiger partial charge in [0.05, 0.1) is 18.5 Å². The smallest absolute Gasteiger partial charge is 0.239 e. The number of Topliss-reactive ketones (excluding diaryl/α,β-unsaturated/α-hetero) is 1. The lowest BCUT2D eigenvalue weighted by Gasteiger charge is -2.37. The number of carbonyl (C=O) groups is 4. The fraction of sp³-hybridized carbons (Fsp3) is 0.545. The molecule has 1 N–H and O–H groups in total. The molecular weight excluding hydrogens is 422 g/mol. The molecule has 1 unspecified atom stereocenters. The van der Waals surface area contributed by atoms with Crippen LogP contribution in [-0.2, 0) is 14.4 Å². The van der Waals surface area contributed by atoms with Crippen LogP contribution in [-0.4, -0.2) is 71.6 Å². The lowest BCUT2D eigenvalue weighted by atomic mass is 9.84. The van der Waals surface area contributed by atoms with Crippen molar-refractivity contribution in [1.29, 1.82) is 0 Å². The zero-order valence-electron chi connectivity index (χ0n) is 17.3. The number of hydrogen-bond donors (Lipinski definition) is 1. The van der Waals surface area contributed by atoms with Gasteiger partial charge >= 0.3 is 0 Å². The van der Waals surface area contributed by atoms with E-state index in [4.69, 9.17) is 16.3 Å². The molecule has 0 saturated carbocycles. The van der Waals surface area contributed by atoms with Gasteiger partial charge in [-0.15, -0.1) is 0 Å². The number of ether oxygens (including phenoxy) is 1. The molecule has 31 heavy (non-hydrogen) atoms. The Morgan fingerprint density at radius 1 is 1.10 bits per heavy atom. The van der Waals surface area contributed by atoms with E-state index in [-0.39, 0.29) is 42.9 Å². The van der Waals surface area contributed by atoms with E-state index < -0.39 is 5.60 Å². The Morgan fingerprint density at radius 2 is 1.90 bits per heavy atom. The van der Waals surface area contributed by atoms with Crippen molar-refractivity contribution in [3.8, 4) is 5.75 Å². The largest absolute Gasteiger partial charge is 0.486 e. The van der Waals surface area contributed by atoms with Crippen molar-refractivity contribution in [3.05, 3.63) is 28.8 Å². The van der Waals surface area contributed by atoms with Gasteiger partial charge in [0.1, 0.15) is 11.4 Å². The second kappa shape index (κ2) is 8.86. The fourth-order valence-corrected chi connectivity index (χ4v) is 4.67. The van der Waals surface area contributed by atoms with Crippen LogP contribution in [0.5, 0.6) is 5.75 Å². The molecule has 1 atom stereocenters. The molecule has 166 valence electrons. The number of nitrogens with one attached hydrogen (secondary N) is 1. The number of fused-ring (bicyclic) bond motifs is 1. The molecule has 1 aromatic carbocycles. The second-order valence-electron chi connectivity index (χ2n) is 8.43. The molecule has 3 aliphatic heterocycles. The van der Waals surface area contributed by atoms with Crippen LogP contribution in [0.25, 0.3) is 0 Å². The summed E-state index contributed by atoms with van der Waals surface area (Å²) in [5.41, 5.74) is -0.268. The van der Waals surface area contributed by atoms with Gasteiger partial charge in [-0.3, -0.25) is 19.2 Å². The number of nitrogens with zero attached hydrogens (tertiary/aromatic N) is 2. The highest BCUT2D eigenvalue weighted by atomic mass is 35.5. The lowest BCUT2D eigenvalue weighted by Crippen LogP contribution is -2.44. The Kier molecular flexibility index (Phi) is 6.18. The van der Waals surface area contributed by atoms with E-state index in [1.54, 1.807) is 23.1 Å². The summed E-state index contributed by atoms with van der Waals surface area (Å²) in [6.07, 6.45) is 2.74. The van der Waals surface area contributed by atoms with Gasteiger partial charge < -0.3 is 19.9 Å². The molecular formula is C22H26ClN3O5. The summed E-state index contributed by atoms with van der Waals surface area (Å²) in [6, 6.07) is 4.99. The first-order valence-electron chi connectivity index (χ1n) is 10.7. The average molecular weight is 448 g/mol. The average Bonchev–Trinajstić information content (AvgIpc) is 3.08. The number of halogens is 1. The van der Waals surface area contributed by atoms with Crippen LogP contribution in [0, 0.1) is 0 Å². The van der Waals surface area contributed by atoms with Crippen LogP contribution in [0.3, 0.4) is 0 Å². The quantitative estimate of drug-likeness (QED) is 0.742. The van der Waals surface area contributed by atoms with Gasteiger partial charge in [0.2, 0.25) is 17.7 Å². The van der Waals surface area contributed by atoms with Crippen molar-refractivity contribution in [2.45, 2.75) is 44.1 Å². The molecule has 4 rings (SSSR count). The summed E-state index contributed by atoms with van der Waals surface area (Å²) < 4.78 is 6.20. The third-order valence-electron chi connectivity index (χ3n) is 6.25. The van der Waals surface area contributed by atoms with Crippen molar-refractivity contribution < 1.29 is 23.9 Å². The van der Waals surface area contributed by atoms with Gasteiger partial charge in [-0.2, -0.15) is 0 Å². The fourth-order valence-electron chi connectivity index (χ4n) is 4.49. The molecule has 9 heteroatoms. The molecule has 2 fully saturated rings. The first kappa shape index (κ1) is 21.6. The van der Waals surface area contributed by atoms with E-state index in [9.17, 15) is 19.2 Å². The summed E-state index contributed by atoms with van der Waals surface area (Å²) in [4.78, 5) is 52.5. The van der Waals surface area contributed by atoms with Crippen LogP contribution < -0.4 is 10.1 Å². The molecule has 0 bridgehead atoms. The molecule has 3 heterocycles. The molecule has 1 aromatic rings. The Morgan fingerprint density at radius 3 is 2.68 bits per heavy atom. The van der Waals surface area contributed by atoms with Crippen LogP contribution in [0.15, 0.2) is 18.2 Å². The first-order valence-corrected chi connectivity index (χ1v) is 11.1. The lowest BCUT2D eigenvalue weighted by molar-refractivity contribution is -0.135. The number of rotatable bonds is 5. The van der Waals surface area contributed by atoms with E-state index in [0.29, 0.717) is 55.2 Å². The molecule has 0 aromatic heterocycles. The normalized spacial score (nSPS) is 23.6. The predicted octanol–water partition coefficient (Wildman–Crippen LogP) is 1.80. The van der Waals surface area contributed by atoms with Gasteiger partial charge in [0.25, 0.3) is 0 Å². The van der Waals surface area contributed by atoms with E-state index in [2.05, 4.69) is 5.32 Å². The molecule has 1 spiro atoms. The van der Waals surface area contributed by atoms with E-state index >= 15 is 0 Å². The summed E-state index contributed by atoms with van der Waals surface area (Å²) in [5, 5.41) is 3.27. The maximum absolute atomic E-state index is 12.7. The first-order chi connectivity index (χ1) is 14.8. The minimum atomic E-state index is -0.741. The summed E-state index contributed by atoms with van der Waals surface area (Å²) >= 11 is 6.00. The highest BCUT2D eigenvalue weighted by Gasteiger charge is 2.43. The Balaban J connectivity index is 1.32. The Hall–Kier alpha value is -2.61. The van der Waals surface area contributed by atoms with Crippen molar-refractivity contribution in [3.63, 3.8) is 0 Å². The molecule has 3 aliphatic rings. The number of carbonyl (C=O) groups excluding carboxylic acids is 4. The molecule has 8 nitrogen and oxygen atoms in total. The topological polar surface area (TPSA) is 96.0 Å². The summed E-state index contributed by atoms with van der Waals surface area (Å²) in [5.74, 6) is 0.194. The van der Waals surface area contributed by atoms with Gasteiger partial charge in [0.15, 0.2) is 5.78 Å². The zero-order chi connectivity index (χ0) is 22.0. The Bertz CT molecular complexity index is 920. The standard InChI is InChI=1S/C22H26ClN3O5/c23-15-3-4-18-16(12-15)17(27)13-22(31-18)6-5-21(30)26(10-7-22)14-19(28)24-8-11-25-9-1-2-20(25)29/h3-4,12H,1-2,5-11,13-14H2,(H,24,28). The van der Waals surface area contributed by atoms with Crippen LogP contribution in [0.1, 0.15) is 48.9 Å².